The first-order valence-corrected chi connectivity index (χ1v) is 9.86. The fourth-order valence-electron chi connectivity index (χ4n) is 2.97. The number of amides is 1. The van der Waals surface area contributed by atoms with Gasteiger partial charge in [-0.1, -0.05) is 17.7 Å². The number of aromatic nitrogens is 3. The van der Waals surface area contributed by atoms with Gasteiger partial charge in [0.25, 0.3) is 0 Å². The minimum Gasteiger partial charge on any atom is -0.494 e. The Balaban J connectivity index is 1.65. The Bertz CT molecular complexity index is 1310. The summed E-state index contributed by atoms with van der Waals surface area (Å²) in [6, 6.07) is 13.1. The lowest BCUT2D eigenvalue weighted by atomic mass is 10.1. The fraction of sp³-hybridized carbons (Fsp3) is 0.0435. The van der Waals surface area contributed by atoms with Crippen molar-refractivity contribution < 1.29 is 13.9 Å². The Morgan fingerprint density at radius 1 is 1.12 bits per heavy atom. The van der Waals surface area contributed by atoms with Gasteiger partial charge < -0.3 is 15.4 Å². The number of pyridine rings is 1. The molecule has 0 aliphatic rings. The van der Waals surface area contributed by atoms with E-state index in [1.165, 1.54) is 31.6 Å². The van der Waals surface area contributed by atoms with Crippen LogP contribution in [0.4, 0.5) is 21.6 Å². The summed E-state index contributed by atoms with van der Waals surface area (Å²) >= 11 is 5.87. The summed E-state index contributed by atoms with van der Waals surface area (Å²) in [5.74, 6) is 0.0228. The van der Waals surface area contributed by atoms with E-state index < -0.39 is 5.82 Å². The maximum absolute atomic E-state index is 13.5. The van der Waals surface area contributed by atoms with Crippen LogP contribution in [0.15, 0.2) is 67.1 Å². The molecule has 32 heavy (non-hydrogen) atoms. The van der Waals surface area contributed by atoms with E-state index in [0.717, 1.165) is 0 Å². The molecule has 2 N–H and O–H groups in total. The van der Waals surface area contributed by atoms with E-state index in [1.807, 2.05) is 6.07 Å². The van der Waals surface area contributed by atoms with Crippen molar-refractivity contribution in [3.05, 3.63) is 83.7 Å². The lowest BCUT2D eigenvalue weighted by Crippen LogP contribution is -2.09. The number of carbonyl (C=O) groups excluding carboxylic acids is 1. The second kappa shape index (κ2) is 9.40. The summed E-state index contributed by atoms with van der Waals surface area (Å²) in [6.45, 7) is 0. The largest absolute Gasteiger partial charge is 0.494 e. The van der Waals surface area contributed by atoms with E-state index in [0.29, 0.717) is 39.5 Å². The van der Waals surface area contributed by atoms with Gasteiger partial charge in [0.2, 0.25) is 5.91 Å². The highest BCUT2D eigenvalue weighted by atomic mass is 35.5. The van der Waals surface area contributed by atoms with E-state index in [4.69, 9.17) is 16.3 Å². The van der Waals surface area contributed by atoms with Gasteiger partial charge in [-0.25, -0.2) is 14.4 Å². The zero-order chi connectivity index (χ0) is 22.5. The first-order chi connectivity index (χ1) is 15.5. The van der Waals surface area contributed by atoms with Crippen molar-refractivity contribution in [3.63, 3.8) is 0 Å². The van der Waals surface area contributed by atoms with Gasteiger partial charge in [0.05, 0.1) is 29.0 Å². The number of carbonyl (C=O) groups is 1. The molecule has 0 atom stereocenters. The number of methoxy groups -OCH3 is 1. The maximum Gasteiger partial charge on any atom is 0.248 e. The molecule has 0 spiro atoms. The minimum absolute atomic E-state index is 0.0114. The highest BCUT2D eigenvalue weighted by Gasteiger charge is 2.13. The number of anilines is 3. The first-order valence-electron chi connectivity index (χ1n) is 9.48. The van der Waals surface area contributed by atoms with Gasteiger partial charge in [-0.2, -0.15) is 0 Å². The molecule has 7 nitrogen and oxygen atoms in total. The maximum atomic E-state index is 13.5. The molecule has 0 aliphatic heterocycles. The Kier molecular flexibility index (Phi) is 6.23. The van der Waals surface area contributed by atoms with Gasteiger partial charge >= 0.3 is 0 Å². The summed E-state index contributed by atoms with van der Waals surface area (Å²) in [4.78, 5) is 25.1. The quantitative estimate of drug-likeness (QED) is 0.392. The number of rotatable bonds is 6. The smallest absolute Gasteiger partial charge is 0.248 e. The van der Waals surface area contributed by atoms with Crippen LogP contribution in [0.2, 0.25) is 5.02 Å². The third-order valence-corrected chi connectivity index (χ3v) is 4.78. The van der Waals surface area contributed by atoms with Crippen LogP contribution in [-0.4, -0.2) is 28.0 Å². The molecular weight excluding hydrogens is 433 g/mol. The second-order valence-electron chi connectivity index (χ2n) is 6.62. The van der Waals surface area contributed by atoms with E-state index in [9.17, 15) is 9.18 Å². The van der Waals surface area contributed by atoms with Crippen LogP contribution in [0.1, 0.15) is 5.69 Å². The summed E-state index contributed by atoms with van der Waals surface area (Å²) in [7, 11) is 1.50. The third-order valence-electron chi connectivity index (χ3n) is 4.49. The van der Waals surface area contributed by atoms with E-state index >= 15 is 0 Å². The predicted octanol–water partition coefficient (Wildman–Crippen LogP) is 5.22. The van der Waals surface area contributed by atoms with Gasteiger partial charge in [0.15, 0.2) is 0 Å². The molecule has 160 valence electrons. The van der Waals surface area contributed by atoms with Crippen LogP contribution >= 0.6 is 11.6 Å². The predicted molar refractivity (Wildman–Crippen MR) is 123 cm³/mol. The normalized spacial score (nSPS) is 11.0. The number of nitrogens with one attached hydrogen (secondary N) is 2. The molecule has 2 aromatic heterocycles. The molecule has 0 unspecified atom stereocenters. The first kappa shape index (κ1) is 21.2. The summed E-state index contributed by atoms with van der Waals surface area (Å²) < 4.78 is 18.9. The lowest BCUT2D eigenvalue weighted by molar-refractivity contribution is -0.111. The van der Waals surface area contributed by atoms with Crippen LogP contribution < -0.4 is 15.4 Å². The molecule has 4 aromatic rings. The number of hydrogen-bond donors (Lipinski definition) is 2. The fourth-order valence-corrected chi connectivity index (χ4v) is 3.15. The van der Waals surface area contributed by atoms with Crippen molar-refractivity contribution in [2.24, 2.45) is 0 Å². The van der Waals surface area contributed by atoms with Crippen molar-refractivity contribution in [3.8, 4) is 5.75 Å². The van der Waals surface area contributed by atoms with Crippen molar-refractivity contribution in [1.29, 1.82) is 0 Å². The molecule has 9 heteroatoms. The van der Waals surface area contributed by atoms with Gasteiger partial charge in [0, 0.05) is 29.4 Å². The zero-order valence-corrected chi connectivity index (χ0v) is 17.6. The van der Waals surface area contributed by atoms with E-state index in [2.05, 4.69) is 25.6 Å². The lowest BCUT2D eigenvalue weighted by Gasteiger charge is -2.13. The minimum atomic E-state index is -0.516. The molecule has 2 aromatic carbocycles. The molecule has 0 aliphatic carbocycles. The van der Waals surface area contributed by atoms with Crippen molar-refractivity contribution >= 4 is 51.7 Å². The Hall–Kier alpha value is -4.04. The molecule has 0 saturated heterocycles. The summed E-state index contributed by atoms with van der Waals surface area (Å²) in [6.07, 6.45) is 6.03. The van der Waals surface area contributed by atoms with Gasteiger partial charge in [-0.05, 0) is 42.5 Å². The topological polar surface area (TPSA) is 89.0 Å². The monoisotopic (exact) mass is 449 g/mol. The average molecular weight is 450 g/mol. The molecule has 0 fully saturated rings. The number of hydrogen-bond acceptors (Lipinski definition) is 6. The highest BCUT2D eigenvalue weighted by molar-refractivity contribution is 6.31. The number of ether oxygens (including phenoxy) is 1. The number of halogens is 2. The second-order valence-corrected chi connectivity index (χ2v) is 7.03. The van der Waals surface area contributed by atoms with Crippen LogP contribution in [0.25, 0.3) is 17.0 Å². The number of benzene rings is 2. The Morgan fingerprint density at radius 2 is 2.00 bits per heavy atom. The number of nitrogens with zero attached hydrogens (tertiary/aromatic N) is 3. The molecule has 2 heterocycles. The van der Waals surface area contributed by atoms with Gasteiger partial charge in [-0.15, -0.1) is 0 Å². The third kappa shape index (κ3) is 4.81. The molecule has 4 rings (SSSR count). The van der Waals surface area contributed by atoms with E-state index in [-0.39, 0.29) is 10.9 Å². The van der Waals surface area contributed by atoms with E-state index in [1.54, 1.807) is 42.6 Å². The molecule has 0 saturated carbocycles. The van der Waals surface area contributed by atoms with Crippen molar-refractivity contribution in [2.45, 2.75) is 0 Å². The SMILES string of the molecule is COc1cc2ncnc(Nc3ccc(F)c(Cl)c3)c2cc1NC(=O)C=Cc1ccccn1. The summed E-state index contributed by atoms with van der Waals surface area (Å²) in [5.41, 5.74) is 2.24. The number of fused-ring (bicyclic) bond motifs is 1. The average Bonchev–Trinajstić information content (AvgIpc) is 2.81. The molecule has 0 radical (unpaired) electrons. The Labute approximate surface area is 187 Å². The van der Waals surface area contributed by atoms with Gasteiger partial charge in [0.1, 0.15) is 23.7 Å². The van der Waals surface area contributed by atoms with Crippen molar-refractivity contribution in [2.75, 3.05) is 17.7 Å². The highest BCUT2D eigenvalue weighted by Crippen LogP contribution is 2.33. The van der Waals surface area contributed by atoms with Crippen LogP contribution in [0.5, 0.6) is 5.75 Å². The molecule has 1 amide bonds. The van der Waals surface area contributed by atoms with Crippen LogP contribution in [0.3, 0.4) is 0 Å². The van der Waals surface area contributed by atoms with Crippen LogP contribution in [-0.2, 0) is 4.79 Å². The van der Waals surface area contributed by atoms with Gasteiger partial charge in [-0.3, -0.25) is 9.78 Å². The molecular formula is C23H17ClFN5O2. The zero-order valence-electron chi connectivity index (χ0n) is 16.8. The van der Waals surface area contributed by atoms with Crippen molar-refractivity contribution in [1.82, 2.24) is 15.0 Å². The standard InChI is InChI=1S/C23H17ClFN5O2/c1-32-21-12-19-16(11-20(21)30-22(31)8-6-14-4-2-3-9-26-14)23(28-13-27-19)29-15-5-7-18(25)17(24)10-15/h2-13H,1H3,(H,30,31)(H,27,28,29). The summed E-state index contributed by atoms with van der Waals surface area (Å²) in [5, 5.41) is 6.51. The Morgan fingerprint density at radius 3 is 2.75 bits per heavy atom. The van der Waals surface area contributed by atoms with Crippen LogP contribution in [0, 0.1) is 5.82 Å². The molecule has 0 bridgehead atoms.